The third kappa shape index (κ3) is 7.43. The van der Waals surface area contributed by atoms with E-state index in [2.05, 4.69) is 13.5 Å². The van der Waals surface area contributed by atoms with E-state index in [0.29, 0.717) is 6.61 Å². The average molecular weight is 229 g/mol. The Balaban J connectivity index is 3.54. The highest BCUT2D eigenvalue weighted by molar-refractivity contribution is 5.86. The lowest BCUT2D eigenvalue weighted by Crippen LogP contribution is -2.35. The SMILES string of the molecule is C=CC(=O)N(C)CC(O)COCCCCC. The predicted molar refractivity (Wildman–Crippen MR) is 64.2 cm³/mol. The fourth-order valence-corrected chi connectivity index (χ4v) is 1.29. The second-order valence-corrected chi connectivity index (χ2v) is 3.86. The second-order valence-electron chi connectivity index (χ2n) is 3.86. The van der Waals surface area contributed by atoms with Crippen molar-refractivity contribution in [1.82, 2.24) is 4.90 Å². The molecule has 1 atom stereocenters. The Kier molecular flexibility index (Phi) is 8.85. The Bertz CT molecular complexity index is 206. The van der Waals surface area contributed by atoms with Crippen molar-refractivity contribution in [2.75, 3.05) is 26.8 Å². The zero-order valence-corrected chi connectivity index (χ0v) is 10.3. The molecule has 16 heavy (non-hydrogen) atoms. The van der Waals surface area contributed by atoms with Gasteiger partial charge in [-0.15, -0.1) is 0 Å². The van der Waals surface area contributed by atoms with E-state index < -0.39 is 6.10 Å². The van der Waals surface area contributed by atoms with Crippen LogP contribution in [0.1, 0.15) is 26.2 Å². The first-order chi connectivity index (χ1) is 7.61. The summed E-state index contributed by atoms with van der Waals surface area (Å²) in [4.78, 5) is 12.5. The van der Waals surface area contributed by atoms with Gasteiger partial charge in [0.15, 0.2) is 0 Å². The molecule has 0 aromatic carbocycles. The lowest BCUT2D eigenvalue weighted by Gasteiger charge is -2.19. The van der Waals surface area contributed by atoms with Crippen molar-refractivity contribution in [3.63, 3.8) is 0 Å². The number of unbranched alkanes of at least 4 members (excludes halogenated alkanes) is 2. The van der Waals surface area contributed by atoms with Gasteiger partial charge in [-0.1, -0.05) is 26.3 Å². The lowest BCUT2D eigenvalue weighted by atomic mass is 10.3. The lowest BCUT2D eigenvalue weighted by molar-refractivity contribution is -0.126. The first-order valence-electron chi connectivity index (χ1n) is 5.75. The van der Waals surface area contributed by atoms with E-state index in [4.69, 9.17) is 4.74 Å². The minimum Gasteiger partial charge on any atom is -0.389 e. The molecule has 0 bridgehead atoms. The monoisotopic (exact) mass is 229 g/mol. The second kappa shape index (κ2) is 9.36. The Morgan fingerprint density at radius 2 is 2.25 bits per heavy atom. The molecule has 0 aromatic rings. The molecule has 0 heterocycles. The van der Waals surface area contributed by atoms with Gasteiger partial charge in [-0.05, 0) is 12.5 Å². The van der Waals surface area contributed by atoms with Gasteiger partial charge < -0.3 is 14.7 Å². The number of aliphatic hydroxyl groups is 1. The summed E-state index contributed by atoms with van der Waals surface area (Å²) < 4.78 is 5.30. The Hall–Kier alpha value is -0.870. The molecule has 1 amide bonds. The zero-order valence-electron chi connectivity index (χ0n) is 10.3. The molecular formula is C12H23NO3. The van der Waals surface area contributed by atoms with E-state index in [1.165, 1.54) is 11.0 Å². The number of carbonyl (C=O) groups excluding carboxylic acids is 1. The quantitative estimate of drug-likeness (QED) is 0.477. The van der Waals surface area contributed by atoms with Crippen LogP contribution in [-0.4, -0.2) is 48.8 Å². The number of likely N-dealkylation sites (N-methyl/N-ethyl adjacent to an activating group) is 1. The minimum atomic E-state index is -0.629. The van der Waals surface area contributed by atoms with Gasteiger partial charge in [0.2, 0.25) is 5.91 Å². The van der Waals surface area contributed by atoms with E-state index >= 15 is 0 Å². The van der Waals surface area contributed by atoms with Crippen LogP contribution in [0.5, 0.6) is 0 Å². The Morgan fingerprint density at radius 3 is 2.81 bits per heavy atom. The number of aliphatic hydroxyl groups excluding tert-OH is 1. The van der Waals surface area contributed by atoms with Crippen LogP contribution in [0.2, 0.25) is 0 Å². The molecule has 0 rings (SSSR count). The number of nitrogens with zero attached hydrogens (tertiary/aromatic N) is 1. The smallest absolute Gasteiger partial charge is 0.245 e. The van der Waals surface area contributed by atoms with Crippen molar-refractivity contribution in [3.8, 4) is 0 Å². The van der Waals surface area contributed by atoms with Crippen molar-refractivity contribution >= 4 is 5.91 Å². The third-order valence-corrected chi connectivity index (χ3v) is 2.24. The molecule has 1 N–H and O–H groups in total. The first kappa shape index (κ1) is 15.1. The summed E-state index contributed by atoms with van der Waals surface area (Å²) in [7, 11) is 1.63. The molecule has 0 saturated heterocycles. The average Bonchev–Trinajstić information content (AvgIpc) is 2.27. The van der Waals surface area contributed by atoms with E-state index in [9.17, 15) is 9.90 Å². The fourth-order valence-electron chi connectivity index (χ4n) is 1.29. The number of hydrogen-bond acceptors (Lipinski definition) is 3. The van der Waals surface area contributed by atoms with Crippen LogP contribution in [0, 0.1) is 0 Å². The highest BCUT2D eigenvalue weighted by atomic mass is 16.5. The maximum Gasteiger partial charge on any atom is 0.245 e. The van der Waals surface area contributed by atoms with Crippen LogP contribution in [0.15, 0.2) is 12.7 Å². The van der Waals surface area contributed by atoms with E-state index in [1.807, 2.05) is 0 Å². The van der Waals surface area contributed by atoms with Crippen molar-refractivity contribution in [2.24, 2.45) is 0 Å². The fraction of sp³-hybridized carbons (Fsp3) is 0.750. The topological polar surface area (TPSA) is 49.8 Å². The summed E-state index contributed by atoms with van der Waals surface area (Å²) >= 11 is 0. The first-order valence-corrected chi connectivity index (χ1v) is 5.75. The third-order valence-electron chi connectivity index (χ3n) is 2.24. The molecule has 0 fully saturated rings. The largest absolute Gasteiger partial charge is 0.389 e. The Labute approximate surface area is 97.9 Å². The minimum absolute atomic E-state index is 0.190. The van der Waals surface area contributed by atoms with Gasteiger partial charge in [0.1, 0.15) is 0 Å². The summed E-state index contributed by atoms with van der Waals surface area (Å²) in [6, 6.07) is 0. The van der Waals surface area contributed by atoms with Crippen molar-refractivity contribution in [3.05, 3.63) is 12.7 Å². The Morgan fingerprint density at radius 1 is 1.56 bits per heavy atom. The van der Waals surface area contributed by atoms with Gasteiger partial charge >= 0.3 is 0 Å². The normalized spacial score (nSPS) is 12.2. The standard InChI is InChI=1S/C12H23NO3/c1-4-6-7-8-16-10-11(14)9-13(3)12(15)5-2/h5,11,14H,2,4,6-10H2,1,3H3. The maximum absolute atomic E-state index is 11.1. The molecular weight excluding hydrogens is 206 g/mol. The molecule has 0 radical (unpaired) electrons. The number of amides is 1. The highest BCUT2D eigenvalue weighted by Crippen LogP contribution is 1.96. The molecule has 4 nitrogen and oxygen atoms in total. The highest BCUT2D eigenvalue weighted by Gasteiger charge is 2.10. The number of ether oxygens (including phenoxy) is 1. The molecule has 1 unspecified atom stereocenters. The summed E-state index contributed by atoms with van der Waals surface area (Å²) in [5.41, 5.74) is 0. The molecule has 0 aliphatic heterocycles. The van der Waals surface area contributed by atoms with Crippen molar-refractivity contribution in [2.45, 2.75) is 32.3 Å². The van der Waals surface area contributed by atoms with Crippen LogP contribution in [0.3, 0.4) is 0 Å². The molecule has 0 saturated carbocycles. The number of rotatable bonds is 9. The van der Waals surface area contributed by atoms with Gasteiger partial charge in [-0.25, -0.2) is 0 Å². The maximum atomic E-state index is 11.1. The van der Waals surface area contributed by atoms with E-state index in [1.54, 1.807) is 7.05 Å². The van der Waals surface area contributed by atoms with Gasteiger partial charge in [0.25, 0.3) is 0 Å². The number of hydrogen-bond donors (Lipinski definition) is 1. The van der Waals surface area contributed by atoms with E-state index in [0.717, 1.165) is 19.3 Å². The summed E-state index contributed by atoms with van der Waals surface area (Å²) in [5.74, 6) is -0.190. The van der Waals surface area contributed by atoms with Gasteiger partial charge in [-0.2, -0.15) is 0 Å². The van der Waals surface area contributed by atoms with Crippen LogP contribution < -0.4 is 0 Å². The van der Waals surface area contributed by atoms with Crippen LogP contribution >= 0.6 is 0 Å². The van der Waals surface area contributed by atoms with Crippen LogP contribution in [0.25, 0.3) is 0 Å². The predicted octanol–water partition coefficient (Wildman–Crippen LogP) is 1.20. The molecule has 0 aromatic heterocycles. The zero-order chi connectivity index (χ0) is 12.4. The summed E-state index contributed by atoms with van der Waals surface area (Å²) in [6.07, 6.45) is 3.92. The van der Waals surface area contributed by atoms with Gasteiger partial charge in [-0.3, -0.25) is 4.79 Å². The number of carbonyl (C=O) groups is 1. The van der Waals surface area contributed by atoms with Gasteiger partial charge in [0, 0.05) is 20.2 Å². The van der Waals surface area contributed by atoms with Crippen LogP contribution in [0.4, 0.5) is 0 Å². The van der Waals surface area contributed by atoms with Crippen molar-refractivity contribution in [1.29, 1.82) is 0 Å². The van der Waals surface area contributed by atoms with E-state index in [-0.39, 0.29) is 19.1 Å². The molecule has 0 spiro atoms. The van der Waals surface area contributed by atoms with Crippen LogP contribution in [-0.2, 0) is 9.53 Å². The molecule has 94 valence electrons. The van der Waals surface area contributed by atoms with Gasteiger partial charge in [0.05, 0.1) is 12.7 Å². The summed E-state index contributed by atoms with van der Waals surface area (Å²) in [5, 5.41) is 9.57. The molecule has 4 heteroatoms. The molecule has 0 aliphatic rings. The van der Waals surface area contributed by atoms with Crippen molar-refractivity contribution < 1.29 is 14.6 Å². The summed E-state index contributed by atoms with van der Waals surface area (Å²) in [6.45, 7) is 6.73. The molecule has 0 aliphatic carbocycles.